The molecular formula is C24H27N5O. The number of benzene rings is 2. The van der Waals surface area contributed by atoms with Crippen LogP contribution >= 0.6 is 0 Å². The largest absolute Gasteiger partial charge is 0.401 e. The summed E-state index contributed by atoms with van der Waals surface area (Å²) < 4.78 is 0. The van der Waals surface area contributed by atoms with Crippen LogP contribution in [-0.4, -0.2) is 16.7 Å². The molecule has 0 spiro atoms. The van der Waals surface area contributed by atoms with Crippen LogP contribution in [0.3, 0.4) is 0 Å². The van der Waals surface area contributed by atoms with Crippen molar-refractivity contribution >= 4 is 29.2 Å². The van der Waals surface area contributed by atoms with Crippen molar-refractivity contribution < 1.29 is 5.11 Å². The molecule has 0 saturated heterocycles. The van der Waals surface area contributed by atoms with E-state index < -0.39 is 0 Å². The van der Waals surface area contributed by atoms with Gasteiger partial charge in [-0.1, -0.05) is 24.3 Å². The molecule has 3 aromatic rings. The highest BCUT2D eigenvalue weighted by Crippen LogP contribution is 2.22. The Hall–Kier alpha value is -3.61. The summed E-state index contributed by atoms with van der Waals surface area (Å²) in [5.74, 6) is 6.05. The summed E-state index contributed by atoms with van der Waals surface area (Å²) in [6, 6.07) is 21.8. The topological polar surface area (TPSA) is 100 Å². The van der Waals surface area contributed by atoms with Crippen molar-refractivity contribution in [2.24, 2.45) is 11.6 Å². The molecule has 2 aromatic carbocycles. The van der Waals surface area contributed by atoms with Crippen molar-refractivity contribution in [3.8, 4) is 0 Å². The standard InChI is InChI=1S/C24H27N5O/c25-20(6-4-16-30)18-29(26)24-13-11-22(12-14-24)28-23-8-3-5-19(17-23)9-10-21-7-1-2-15-27-21/h1-3,5,7-15,17-18,28,30H,4,6,16,25-26H2/b10-9+,20-18-. The second-order valence-corrected chi connectivity index (χ2v) is 6.82. The number of rotatable bonds is 9. The molecule has 0 saturated carbocycles. The van der Waals surface area contributed by atoms with Crippen LogP contribution < -0.4 is 21.9 Å². The monoisotopic (exact) mass is 401 g/mol. The van der Waals surface area contributed by atoms with E-state index in [4.69, 9.17) is 16.7 Å². The number of aliphatic hydroxyl groups is 1. The van der Waals surface area contributed by atoms with E-state index >= 15 is 0 Å². The second kappa shape index (κ2) is 10.8. The number of hydrogen-bond acceptors (Lipinski definition) is 6. The minimum absolute atomic E-state index is 0.111. The summed E-state index contributed by atoms with van der Waals surface area (Å²) in [6.45, 7) is 0.111. The molecule has 0 unspecified atom stereocenters. The summed E-state index contributed by atoms with van der Waals surface area (Å²) in [7, 11) is 0. The van der Waals surface area contributed by atoms with Crippen LogP contribution in [0, 0.1) is 0 Å². The van der Waals surface area contributed by atoms with E-state index in [-0.39, 0.29) is 6.61 Å². The molecule has 1 heterocycles. The smallest absolute Gasteiger partial charge is 0.0629 e. The predicted octanol–water partition coefficient (Wildman–Crippen LogP) is 4.25. The van der Waals surface area contributed by atoms with E-state index in [9.17, 15) is 0 Å². The molecule has 0 radical (unpaired) electrons. The Kier molecular flexibility index (Phi) is 7.60. The first-order valence-electron chi connectivity index (χ1n) is 9.81. The van der Waals surface area contributed by atoms with Crippen LogP contribution in [-0.2, 0) is 0 Å². The maximum Gasteiger partial charge on any atom is 0.0629 e. The number of hydrogen-bond donors (Lipinski definition) is 4. The van der Waals surface area contributed by atoms with Gasteiger partial charge in [-0.15, -0.1) is 0 Å². The molecule has 30 heavy (non-hydrogen) atoms. The second-order valence-electron chi connectivity index (χ2n) is 6.82. The normalized spacial score (nSPS) is 11.6. The lowest BCUT2D eigenvalue weighted by Gasteiger charge is -2.16. The molecule has 6 heteroatoms. The molecule has 0 aliphatic heterocycles. The molecule has 0 bridgehead atoms. The molecule has 0 aliphatic carbocycles. The highest BCUT2D eigenvalue weighted by molar-refractivity contribution is 5.71. The lowest BCUT2D eigenvalue weighted by molar-refractivity contribution is 0.288. The molecule has 0 amide bonds. The molecule has 0 aliphatic rings. The summed E-state index contributed by atoms with van der Waals surface area (Å²) in [5, 5.41) is 13.8. The summed E-state index contributed by atoms with van der Waals surface area (Å²) in [6.07, 6.45) is 8.71. The molecule has 154 valence electrons. The van der Waals surface area contributed by atoms with Gasteiger partial charge in [-0.3, -0.25) is 9.99 Å². The third-order valence-electron chi connectivity index (χ3n) is 4.40. The van der Waals surface area contributed by atoms with E-state index in [0.717, 1.165) is 28.3 Å². The van der Waals surface area contributed by atoms with Crippen molar-refractivity contribution in [3.63, 3.8) is 0 Å². The maximum absolute atomic E-state index is 8.88. The van der Waals surface area contributed by atoms with Crippen LogP contribution in [0.1, 0.15) is 24.1 Å². The van der Waals surface area contributed by atoms with E-state index in [1.807, 2.05) is 72.8 Å². The molecule has 1 aromatic heterocycles. The van der Waals surface area contributed by atoms with Crippen molar-refractivity contribution in [2.75, 3.05) is 16.9 Å². The van der Waals surface area contributed by atoms with Gasteiger partial charge in [0.15, 0.2) is 0 Å². The van der Waals surface area contributed by atoms with Crippen molar-refractivity contribution in [1.82, 2.24) is 4.98 Å². The number of aromatic nitrogens is 1. The number of nitrogens with one attached hydrogen (secondary N) is 1. The predicted molar refractivity (Wildman–Crippen MR) is 125 cm³/mol. The molecular weight excluding hydrogens is 374 g/mol. The Labute approximate surface area is 177 Å². The Bertz CT molecular complexity index is 984. The number of aliphatic hydroxyl groups excluding tert-OH is 1. The first-order valence-corrected chi connectivity index (χ1v) is 9.81. The summed E-state index contributed by atoms with van der Waals surface area (Å²) in [4.78, 5) is 4.30. The zero-order chi connectivity index (χ0) is 21.2. The molecule has 3 rings (SSSR count). The van der Waals surface area contributed by atoms with Gasteiger partial charge in [0.2, 0.25) is 0 Å². The Morgan fingerprint density at radius 1 is 1.00 bits per heavy atom. The average Bonchev–Trinajstić information content (AvgIpc) is 2.78. The van der Waals surface area contributed by atoms with E-state index in [2.05, 4.69) is 16.4 Å². The zero-order valence-corrected chi connectivity index (χ0v) is 16.8. The van der Waals surface area contributed by atoms with Crippen LogP contribution in [0.15, 0.2) is 84.8 Å². The van der Waals surface area contributed by atoms with Crippen LogP contribution in [0.5, 0.6) is 0 Å². The van der Waals surface area contributed by atoms with Crippen molar-refractivity contribution in [2.45, 2.75) is 12.8 Å². The molecule has 0 atom stereocenters. The molecule has 6 nitrogen and oxygen atoms in total. The Balaban J connectivity index is 1.63. The SMILES string of the molecule is N/C(=C\N(N)c1ccc(Nc2cccc(/C=C/c3ccccn3)c2)cc1)CCCO. The Morgan fingerprint density at radius 3 is 2.57 bits per heavy atom. The zero-order valence-electron chi connectivity index (χ0n) is 16.8. The third-order valence-corrected chi connectivity index (χ3v) is 4.40. The third kappa shape index (κ3) is 6.48. The van der Waals surface area contributed by atoms with Crippen LogP contribution in [0.4, 0.5) is 17.1 Å². The minimum atomic E-state index is 0.111. The maximum atomic E-state index is 8.88. The van der Waals surface area contributed by atoms with Crippen LogP contribution in [0.2, 0.25) is 0 Å². The van der Waals surface area contributed by atoms with Crippen molar-refractivity contribution in [3.05, 3.63) is 96.1 Å². The summed E-state index contributed by atoms with van der Waals surface area (Å²) >= 11 is 0. The van der Waals surface area contributed by atoms with E-state index in [1.54, 1.807) is 12.4 Å². The van der Waals surface area contributed by atoms with E-state index in [0.29, 0.717) is 18.5 Å². The lowest BCUT2D eigenvalue weighted by Crippen LogP contribution is -2.25. The van der Waals surface area contributed by atoms with Gasteiger partial charge in [0.05, 0.1) is 11.4 Å². The average molecular weight is 402 g/mol. The Morgan fingerprint density at radius 2 is 1.83 bits per heavy atom. The minimum Gasteiger partial charge on any atom is -0.401 e. The number of anilines is 3. The first-order chi connectivity index (χ1) is 14.6. The summed E-state index contributed by atoms with van der Waals surface area (Å²) in [5.41, 5.74) is 11.3. The highest BCUT2D eigenvalue weighted by Gasteiger charge is 2.02. The fraction of sp³-hybridized carbons (Fsp3) is 0.125. The number of pyridine rings is 1. The lowest BCUT2D eigenvalue weighted by atomic mass is 10.1. The number of nitrogens with zero attached hydrogens (tertiary/aromatic N) is 2. The fourth-order valence-electron chi connectivity index (χ4n) is 2.86. The van der Waals surface area contributed by atoms with Gasteiger partial charge in [0.25, 0.3) is 0 Å². The van der Waals surface area contributed by atoms with Crippen molar-refractivity contribution in [1.29, 1.82) is 0 Å². The van der Waals surface area contributed by atoms with Gasteiger partial charge >= 0.3 is 0 Å². The molecule has 6 N–H and O–H groups in total. The quantitative estimate of drug-likeness (QED) is 0.316. The fourth-order valence-corrected chi connectivity index (χ4v) is 2.86. The van der Waals surface area contributed by atoms with Crippen LogP contribution in [0.25, 0.3) is 12.2 Å². The highest BCUT2D eigenvalue weighted by atomic mass is 16.2. The van der Waals surface area contributed by atoms with Gasteiger partial charge in [-0.05, 0) is 73.0 Å². The number of allylic oxidation sites excluding steroid dienone is 1. The number of hydrazine groups is 1. The van der Waals surface area contributed by atoms with Gasteiger partial charge in [-0.2, -0.15) is 0 Å². The van der Waals surface area contributed by atoms with E-state index in [1.165, 1.54) is 5.01 Å². The number of nitrogens with two attached hydrogens (primary N) is 2. The van der Waals surface area contributed by atoms with Gasteiger partial charge < -0.3 is 16.2 Å². The van der Waals surface area contributed by atoms with Gasteiger partial charge in [-0.25, -0.2) is 5.84 Å². The van der Waals surface area contributed by atoms with Gasteiger partial charge in [0.1, 0.15) is 0 Å². The van der Waals surface area contributed by atoms with Gasteiger partial charge in [0, 0.05) is 36.1 Å². The molecule has 0 fully saturated rings. The first kappa shape index (κ1) is 21.1.